The summed E-state index contributed by atoms with van der Waals surface area (Å²) in [5.74, 6) is -0.440. The van der Waals surface area contributed by atoms with Gasteiger partial charge in [0.05, 0.1) is 4.92 Å². The molecule has 0 saturated carbocycles. The van der Waals surface area contributed by atoms with Crippen molar-refractivity contribution in [3.05, 3.63) is 21.2 Å². The molecule has 1 aromatic carbocycles. The number of nitro benzene ring substituents is 1. The van der Waals surface area contributed by atoms with Crippen molar-refractivity contribution in [3.63, 3.8) is 0 Å². The Balaban J connectivity index is 2.87. The summed E-state index contributed by atoms with van der Waals surface area (Å²) in [4.78, 5) is 9.79. The van der Waals surface area contributed by atoms with Crippen LogP contribution in [0.15, 0.2) is 6.07 Å². The van der Waals surface area contributed by atoms with Crippen molar-refractivity contribution in [2.45, 2.75) is 0 Å². The van der Waals surface area contributed by atoms with Crippen LogP contribution in [0.1, 0.15) is 0 Å². The van der Waals surface area contributed by atoms with Gasteiger partial charge in [0.25, 0.3) is 5.69 Å². The van der Waals surface area contributed by atoms with Gasteiger partial charge < -0.3 is 5.11 Å². The molecule has 0 atom stereocenters. The highest BCUT2D eigenvalue weighted by Crippen LogP contribution is 2.37. The zero-order chi connectivity index (χ0) is 10.3. The first kappa shape index (κ1) is 8.70. The van der Waals surface area contributed by atoms with Crippen molar-refractivity contribution in [1.82, 2.24) is 15.4 Å². The van der Waals surface area contributed by atoms with Gasteiger partial charge in [-0.1, -0.05) is 11.6 Å². The van der Waals surface area contributed by atoms with Crippen LogP contribution in [0.5, 0.6) is 5.75 Å². The van der Waals surface area contributed by atoms with Gasteiger partial charge in [0.1, 0.15) is 5.52 Å². The number of hydrogen-bond acceptors (Lipinski definition) is 5. The fourth-order valence-electron chi connectivity index (χ4n) is 1.06. The molecule has 0 spiro atoms. The summed E-state index contributed by atoms with van der Waals surface area (Å²) in [6.07, 6.45) is 0. The summed E-state index contributed by atoms with van der Waals surface area (Å²) in [7, 11) is 0. The van der Waals surface area contributed by atoms with Gasteiger partial charge in [0.2, 0.25) is 0 Å². The number of halogens is 1. The summed E-state index contributed by atoms with van der Waals surface area (Å²) >= 11 is 5.55. The smallest absolute Gasteiger partial charge is 0.294 e. The van der Waals surface area contributed by atoms with Gasteiger partial charge >= 0.3 is 0 Å². The molecule has 7 nitrogen and oxygen atoms in total. The number of nitrogens with zero attached hydrogens (tertiary/aromatic N) is 3. The van der Waals surface area contributed by atoms with Crippen LogP contribution >= 0.6 is 11.6 Å². The summed E-state index contributed by atoms with van der Waals surface area (Å²) in [5, 5.41) is 29.0. The van der Waals surface area contributed by atoms with Gasteiger partial charge in [0.15, 0.2) is 16.3 Å². The molecule has 0 unspecified atom stereocenters. The number of phenols is 1. The van der Waals surface area contributed by atoms with Crippen LogP contribution in [0, 0.1) is 10.1 Å². The van der Waals surface area contributed by atoms with Gasteiger partial charge in [0, 0.05) is 6.07 Å². The Morgan fingerprint density at radius 3 is 2.93 bits per heavy atom. The first-order chi connectivity index (χ1) is 6.61. The maximum atomic E-state index is 10.5. The topological polar surface area (TPSA) is 105 Å². The Hall–Kier alpha value is -1.89. The molecule has 72 valence electrons. The van der Waals surface area contributed by atoms with Gasteiger partial charge in [-0.2, -0.15) is 15.4 Å². The molecule has 8 heteroatoms. The molecular formula is C6H3ClN4O3. The maximum Gasteiger partial charge on any atom is 0.294 e. The van der Waals surface area contributed by atoms with Crippen LogP contribution in [-0.4, -0.2) is 25.4 Å². The number of H-pyrrole nitrogens is 1. The van der Waals surface area contributed by atoms with Gasteiger partial charge in [-0.3, -0.25) is 10.1 Å². The SMILES string of the molecule is O=[N+]([O-])c1cc2n[nH]nc2c(O)c1Cl. The number of aromatic amines is 1. The minimum atomic E-state index is -0.698. The Kier molecular flexibility index (Phi) is 1.74. The second-order valence-electron chi connectivity index (χ2n) is 2.51. The lowest BCUT2D eigenvalue weighted by Crippen LogP contribution is -1.89. The van der Waals surface area contributed by atoms with Crippen molar-refractivity contribution in [3.8, 4) is 5.75 Å². The zero-order valence-electron chi connectivity index (χ0n) is 6.56. The predicted molar refractivity (Wildman–Crippen MR) is 47.2 cm³/mol. The number of hydrogen-bond donors (Lipinski definition) is 2. The Labute approximate surface area is 81.4 Å². The molecule has 14 heavy (non-hydrogen) atoms. The van der Waals surface area contributed by atoms with Crippen LogP contribution in [-0.2, 0) is 0 Å². The third kappa shape index (κ3) is 1.06. The summed E-state index contributed by atoms with van der Waals surface area (Å²) in [5.41, 5.74) is -0.0928. The highest BCUT2D eigenvalue weighted by atomic mass is 35.5. The van der Waals surface area contributed by atoms with E-state index in [1.54, 1.807) is 0 Å². The number of aromatic hydroxyl groups is 1. The summed E-state index contributed by atoms with van der Waals surface area (Å²) < 4.78 is 0. The number of phenolic OH excluding ortho intramolecular Hbond substituents is 1. The molecular weight excluding hydrogens is 212 g/mol. The highest BCUT2D eigenvalue weighted by molar-refractivity contribution is 6.35. The van der Waals surface area contributed by atoms with E-state index in [9.17, 15) is 15.2 Å². The first-order valence-corrected chi connectivity index (χ1v) is 3.85. The maximum absolute atomic E-state index is 10.5. The fraction of sp³-hybridized carbons (Fsp3) is 0. The Morgan fingerprint density at radius 1 is 1.57 bits per heavy atom. The minimum Gasteiger partial charge on any atom is -0.504 e. The summed E-state index contributed by atoms with van der Waals surface area (Å²) in [6, 6.07) is 1.14. The zero-order valence-corrected chi connectivity index (χ0v) is 7.32. The molecule has 1 heterocycles. The van der Waals surface area contributed by atoms with Crippen LogP contribution in [0.3, 0.4) is 0 Å². The molecule has 0 aliphatic heterocycles. The Morgan fingerprint density at radius 2 is 2.29 bits per heavy atom. The van der Waals surface area contributed by atoms with E-state index < -0.39 is 16.4 Å². The number of rotatable bonds is 1. The van der Waals surface area contributed by atoms with Crippen molar-refractivity contribution >= 4 is 28.3 Å². The van der Waals surface area contributed by atoms with Gasteiger partial charge in [-0.05, 0) is 0 Å². The third-order valence-corrected chi connectivity index (χ3v) is 2.07. The molecule has 0 bridgehead atoms. The molecule has 2 rings (SSSR count). The van der Waals surface area contributed by atoms with Crippen LogP contribution in [0.4, 0.5) is 5.69 Å². The van der Waals surface area contributed by atoms with Crippen LogP contribution in [0.25, 0.3) is 11.0 Å². The van der Waals surface area contributed by atoms with E-state index in [2.05, 4.69) is 15.4 Å². The van der Waals surface area contributed by atoms with Crippen LogP contribution in [0.2, 0.25) is 5.02 Å². The second kappa shape index (κ2) is 2.81. The molecule has 2 aromatic rings. The van der Waals surface area contributed by atoms with Gasteiger partial charge in [-0.15, -0.1) is 0 Å². The number of fused-ring (bicyclic) bond motifs is 1. The average molecular weight is 215 g/mol. The largest absolute Gasteiger partial charge is 0.504 e. The van der Waals surface area contributed by atoms with Gasteiger partial charge in [-0.25, -0.2) is 0 Å². The number of aromatic nitrogens is 3. The lowest BCUT2D eigenvalue weighted by Gasteiger charge is -1.97. The molecule has 0 aliphatic carbocycles. The van der Waals surface area contributed by atoms with E-state index >= 15 is 0 Å². The molecule has 0 fully saturated rings. The highest BCUT2D eigenvalue weighted by Gasteiger charge is 2.21. The first-order valence-electron chi connectivity index (χ1n) is 3.47. The molecule has 0 saturated heterocycles. The monoisotopic (exact) mass is 214 g/mol. The minimum absolute atomic E-state index is 0.112. The normalized spacial score (nSPS) is 10.6. The lowest BCUT2D eigenvalue weighted by atomic mass is 10.2. The van der Waals surface area contributed by atoms with Crippen molar-refractivity contribution < 1.29 is 10.0 Å². The number of nitrogens with one attached hydrogen (secondary N) is 1. The standard InChI is InChI=1S/C6H3ClN4O3/c7-4-3(11(13)14)1-2-5(6(4)12)9-10-8-2/h1,12H,(H,8,9,10). The van der Waals surface area contributed by atoms with E-state index in [4.69, 9.17) is 11.6 Å². The van der Waals surface area contributed by atoms with E-state index in [1.165, 1.54) is 0 Å². The van der Waals surface area contributed by atoms with Crippen LogP contribution < -0.4 is 0 Å². The fourth-order valence-corrected chi connectivity index (χ4v) is 1.28. The quantitative estimate of drug-likeness (QED) is 0.549. The second-order valence-corrected chi connectivity index (χ2v) is 2.88. The predicted octanol–water partition coefficient (Wildman–Crippen LogP) is 1.23. The number of benzene rings is 1. The average Bonchev–Trinajstić information content (AvgIpc) is 2.58. The van der Waals surface area contributed by atoms with E-state index in [0.29, 0.717) is 0 Å². The van der Waals surface area contributed by atoms with E-state index in [-0.39, 0.29) is 16.1 Å². The van der Waals surface area contributed by atoms with E-state index in [0.717, 1.165) is 6.07 Å². The third-order valence-electron chi connectivity index (χ3n) is 1.70. The van der Waals surface area contributed by atoms with Crippen molar-refractivity contribution in [2.75, 3.05) is 0 Å². The molecule has 0 aliphatic rings. The number of nitro groups is 1. The molecule has 0 radical (unpaired) electrons. The van der Waals surface area contributed by atoms with Crippen molar-refractivity contribution in [2.24, 2.45) is 0 Å². The summed E-state index contributed by atoms with van der Waals surface area (Å²) in [6.45, 7) is 0. The molecule has 1 aromatic heterocycles. The van der Waals surface area contributed by atoms with Crippen molar-refractivity contribution in [1.29, 1.82) is 0 Å². The molecule has 0 amide bonds. The van der Waals surface area contributed by atoms with E-state index in [1.807, 2.05) is 0 Å². The Bertz CT molecular complexity index is 523. The lowest BCUT2D eigenvalue weighted by molar-refractivity contribution is -0.384. The molecule has 2 N–H and O–H groups in total.